The molecule has 248 valence electrons. The summed E-state index contributed by atoms with van der Waals surface area (Å²) in [6.45, 7) is 9.72. The van der Waals surface area contributed by atoms with Gasteiger partial charge in [-0.1, -0.05) is 128 Å². The summed E-state index contributed by atoms with van der Waals surface area (Å²) < 4.78 is 0. The van der Waals surface area contributed by atoms with Crippen molar-refractivity contribution < 1.29 is 0 Å². The van der Waals surface area contributed by atoms with Gasteiger partial charge in [0.05, 0.1) is 0 Å². The van der Waals surface area contributed by atoms with E-state index in [0.29, 0.717) is 0 Å². The number of para-hydroxylation sites is 1. The molecule has 3 heteroatoms. The summed E-state index contributed by atoms with van der Waals surface area (Å²) in [5.74, 6) is 0. The van der Waals surface area contributed by atoms with Crippen molar-refractivity contribution in [3.05, 3.63) is 204 Å². The summed E-state index contributed by atoms with van der Waals surface area (Å²) in [6, 6.07) is 29.8. The molecule has 5 rings (SSSR count). The second-order valence-corrected chi connectivity index (χ2v) is 12.4. The highest BCUT2D eigenvalue weighted by Crippen LogP contribution is 2.34. The van der Waals surface area contributed by atoms with Gasteiger partial charge in [0.25, 0.3) is 0 Å². The monoisotopic (exact) mass is 643 g/mol. The van der Waals surface area contributed by atoms with Crippen LogP contribution in [0.5, 0.6) is 0 Å². The van der Waals surface area contributed by atoms with Crippen LogP contribution in [-0.4, -0.2) is 37.5 Å². The Balaban J connectivity index is 1.43. The van der Waals surface area contributed by atoms with Gasteiger partial charge in [0.15, 0.2) is 0 Å². The summed E-state index contributed by atoms with van der Waals surface area (Å²) in [5, 5.41) is 0. The lowest BCUT2D eigenvalue weighted by Crippen LogP contribution is -2.20. The zero-order valence-corrected chi connectivity index (χ0v) is 29.7. The molecule has 3 nitrogen and oxygen atoms in total. The van der Waals surface area contributed by atoms with E-state index in [1.54, 1.807) is 0 Å². The third kappa shape index (κ3) is 8.88. The van der Waals surface area contributed by atoms with Crippen LogP contribution in [-0.2, 0) is 0 Å². The molecule has 49 heavy (non-hydrogen) atoms. The van der Waals surface area contributed by atoms with E-state index in [9.17, 15) is 0 Å². The summed E-state index contributed by atoms with van der Waals surface area (Å²) in [7, 11) is 6.45. The molecule has 0 N–H and O–H groups in total. The number of benzene rings is 3. The van der Waals surface area contributed by atoms with Crippen LogP contribution < -0.4 is 4.90 Å². The number of rotatable bonds is 12. The Labute approximate surface area is 294 Å². The van der Waals surface area contributed by atoms with E-state index in [0.717, 1.165) is 53.3 Å². The number of allylic oxidation sites excluding steroid dienone is 14. The molecule has 3 aromatic carbocycles. The van der Waals surface area contributed by atoms with Crippen molar-refractivity contribution in [2.24, 2.45) is 0 Å². The van der Waals surface area contributed by atoms with Gasteiger partial charge in [-0.3, -0.25) is 0 Å². The third-order valence-electron chi connectivity index (χ3n) is 9.14. The van der Waals surface area contributed by atoms with Crippen molar-refractivity contribution in [2.45, 2.75) is 26.7 Å². The molecular weight excluding hydrogens is 595 g/mol. The molecule has 0 aliphatic heterocycles. The minimum atomic E-state index is 0.789. The average molecular weight is 644 g/mol. The van der Waals surface area contributed by atoms with Crippen molar-refractivity contribution in [3.8, 4) is 11.1 Å². The maximum atomic E-state index is 4.69. The summed E-state index contributed by atoms with van der Waals surface area (Å²) >= 11 is 0. The van der Waals surface area contributed by atoms with Crippen molar-refractivity contribution in [1.82, 2.24) is 9.80 Å². The zero-order chi connectivity index (χ0) is 34.6. The molecule has 2 aliphatic rings. The lowest BCUT2D eigenvalue weighted by Gasteiger charge is -2.27. The van der Waals surface area contributed by atoms with E-state index < -0.39 is 0 Å². The number of anilines is 1. The predicted octanol–water partition coefficient (Wildman–Crippen LogP) is 11.3. The van der Waals surface area contributed by atoms with E-state index in [-0.39, 0.29) is 0 Å². The Morgan fingerprint density at radius 3 is 2.22 bits per heavy atom. The van der Waals surface area contributed by atoms with Gasteiger partial charge in [-0.25, -0.2) is 0 Å². The van der Waals surface area contributed by atoms with Crippen LogP contribution in [0.15, 0.2) is 198 Å². The lowest BCUT2D eigenvalue weighted by molar-refractivity contribution is 0.473. The average Bonchev–Trinajstić information content (AvgIpc) is 3.56. The van der Waals surface area contributed by atoms with Gasteiger partial charge in [-0.05, 0) is 84.6 Å². The number of hydrogen-bond acceptors (Lipinski definition) is 3. The first-order chi connectivity index (χ1) is 23.9. The zero-order valence-electron chi connectivity index (χ0n) is 29.7. The highest BCUT2D eigenvalue weighted by molar-refractivity contribution is 5.80. The molecule has 0 heterocycles. The molecule has 0 radical (unpaired) electrons. The smallest absolute Gasteiger partial charge is 0.0487 e. The van der Waals surface area contributed by atoms with Gasteiger partial charge >= 0.3 is 0 Å². The number of hydrogen-bond donors (Lipinski definition) is 0. The maximum Gasteiger partial charge on any atom is 0.0487 e. The molecule has 2 aliphatic carbocycles. The molecule has 3 aromatic rings. The summed E-state index contributed by atoms with van der Waals surface area (Å²) in [4.78, 5) is 6.85. The molecule has 0 bridgehead atoms. The fraction of sp³-hybridized carbons (Fsp3) is 0.174. The van der Waals surface area contributed by atoms with Gasteiger partial charge in [0, 0.05) is 68.1 Å². The van der Waals surface area contributed by atoms with Crippen LogP contribution >= 0.6 is 0 Å². The molecule has 0 fully saturated rings. The van der Waals surface area contributed by atoms with Crippen molar-refractivity contribution in [3.63, 3.8) is 0 Å². The molecule has 0 atom stereocenters. The molecule has 0 saturated heterocycles. The largest absolute Gasteiger partial charge is 0.370 e. The van der Waals surface area contributed by atoms with Crippen LogP contribution in [0.2, 0.25) is 0 Å². The molecule has 0 saturated carbocycles. The number of nitrogens with zero attached hydrogens (tertiary/aromatic N) is 3. The van der Waals surface area contributed by atoms with Crippen molar-refractivity contribution in [2.75, 3.05) is 32.6 Å². The first kappa shape index (κ1) is 34.8. The second-order valence-electron chi connectivity index (χ2n) is 12.4. The molecular formula is C46H49N3. The Hall–Kier alpha value is -5.54. The Kier molecular flexibility index (Phi) is 12.1. The minimum Gasteiger partial charge on any atom is -0.370 e. The van der Waals surface area contributed by atoms with Gasteiger partial charge in [-0.2, -0.15) is 0 Å². The summed E-state index contributed by atoms with van der Waals surface area (Å²) in [6.07, 6.45) is 28.1. The van der Waals surface area contributed by atoms with Gasteiger partial charge in [-0.15, -0.1) is 0 Å². The van der Waals surface area contributed by atoms with Crippen LogP contribution in [0.3, 0.4) is 0 Å². The molecule has 0 spiro atoms. The quantitative estimate of drug-likeness (QED) is 0.144. The van der Waals surface area contributed by atoms with Crippen LogP contribution in [0, 0.1) is 0 Å². The Morgan fingerprint density at radius 1 is 0.816 bits per heavy atom. The lowest BCUT2D eigenvalue weighted by atomic mass is 10.00. The second kappa shape index (κ2) is 17.0. The van der Waals surface area contributed by atoms with Crippen LogP contribution in [0.4, 0.5) is 5.69 Å². The molecule has 0 aromatic heterocycles. The fourth-order valence-corrected chi connectivity index (χ4v) is 6.07. The van der Waals surface area contributed by atoms with Gasteiger partial charge < -0.3 is 14.7 Å². The van der Waals surface area contributed by atoms with Crippen LogP contribution in [0.1, 0.15) is 32.3 Å². The maximum absolute atomic E-state index is 4.69. The van der Waals surface area contributed by atoms with E-state index in [4.69, 9.17) is 0 Å². The third-order valence-corrected chi connectivity index (χ3v) is 9.14. The van der Waals surface area contributed by atoms with Gasteiger partial charge in [0.2, 0.25) is 0 Å². The highest BCUT2D eigenvalue weighted by Gasteiger charge is 2.17. The standard InChI is InChI=1S/C46H49N3/c1-7-8-33-47(4)45(32-31-36(2)48(5)42-27-18-16-26-41(35-42)38-21-11-9-12-22-38)37(3)40-25-15-17-28-43(34-40)49(6)46-30-20-19-29-44(46)39-23-13-10-14-24-39/h7-14,16-32,34H,3,15,33,35H2,1-2,4-6H3/b8-7-,36-31+,45-32+. The SMILES string of the molecule is C=C(C1=CCC=CC(N(C)c2ccccc2-c2ccccc2)=C1)/C(=C\C=C(/C)N(C)C1=CC=CC=C(c2ccccc2)C1)N(C)C/C=C\C. The molecule has 0 amide bonds. The minimum absolute atomic E-state index is 0.789. The van der Waals surface area contributed by atoms with Crippen LogP contribution in [0.25, 0.3) is 16.7 Å². The topological polar surface area (TPSA) is 9.72 Å². The van der Waals surface area contributed by atoms with Crippen molar-refractivity contribution in [1.29, 1.82) is 0 Å². The van der Waals surface area contributed by atoms with E-state index >= 15 is 0 Å². The van der Waals surface area contributed by atoms with E-state index in [2.05, 4.69) is 214 Å². The van der Waals surface area contributed by atoms with E-state index in [1.807, 2.05) is 0 Å². The van der Waals surface area contributed by atoms with Crippen molar-refractivity contribution >= 4 is 11.3 Å². The first-order valence-electron chi connectivity index (χ1n) is 17.1. The molecule has 0 unspecified atom stereocenters. The number of likely N-dealkylation sites (N-methyl/N-ethyl adjacent to an activating group) is 2. The normalized spacial score (nSPS) is 15.1. The summed E-state index contributed by atoms with van der Waals surface area (Å²) in [5.41, 5.74) is 12.9. The fourth-order valence-electron chi connectivity index (χ4n) is 6.07. The van der Waals surface area contributed by atoms with E-state index in [1.165, 1.54) is 28.0 Å². The highest BCUT2D eigenvalue weighted by atomic mass is 15.1. The predicted molar refractivity (Wildman–Crippen MR) is 213 cm³/mol. The Bertz CT molecular complexity index is 1890. The Morgan fingerprint density at radius 2 is 1.49 bits per heavy atom. The van der Waals surface area contributed by atoms with Gasteiger partial charge in [0.1, 0.15) is 0 Å². The first-order valence-corrected chi connectivity index (χ1v) is 17.1.